The highest BCUT2D eigenvalue weighted by molar-refractivity contribution is 5.18. The lowest BCUT2D eigenvalue weighted by molar-refractivity contribution is 0.0527. The molecule has 0 aromatic carbocycles. The third-order valence-corrected chi connectivity index (χ3v) is 2.41. The average molecular weight is 221 g/mol. The first-order valence-electron chi connectivity index (χ1n) is 4.93. The number of hydrogen-bond acceptors (Lipinski definition) is 3. The summed E-state index contributed by atoms with van der Waals surface area (Å²) in [5, 5.41) is 10.2. The fourth-order valence-electron chi connectivity index (χ4n) is 1.58. The highest BCUT2D eigenvalue weighted by Gasteiger charge is 2.25. The van der Waals surface area contributed by atoms with Crippen molar-refractivity contribution in [3.63, 3.8) is 0 Å². The van der Waals surface area contributed by atoms with Crippen LogP contribution in [0.5, 0.6) is 0 Å². The third kappa shape index (κ3) is 2.28. The maximum Gasteiger partial charge on any atom is 0.141 e. The summed E-state index contributed by atoms with van der Waals surface area (Å²) in [5.74, 6) is -0.414. The van der Waals surface area contributed by atoms with Crippen LogP contribution < -0.4 is 0 Å². The van der Waals surface area contributed by atoms with E-state index in [2.05, 4.69) is 4.98 Å². The fraction of sp³-hybridized carbons (Fsp3) is 0.250. The van der Waals surface area contributed by atoms with Gasteiger partial charge < -0.3 is 9.52 Å². The number of aromatic nitrogens is 1. The van der Waals surface area contributed by atoms with Crippen molar-refractivity contribution in [2.75, 3.05) is 0 Å². The molecule has 16 heavy (non-hydrogen) atoms. The predicted octanol–water partition coefficient (Wildman–Crippen LogP) is 2.26. The van der Waals surface area contributed by atoms with Crippen molar-refractivity contribution in [3.8, 4) is 0 Å². The molecule has 0 amide bonds. The van der Waals surface area contributed by atoms with Gasteiger partial charge in [-0.2, -0.15) is 0 Å². The van der Waals surface area contributed by atoms with Gasteiger partial charge in [-0.15, -0.1) is 0 Å². The second-order valence-corrected chi connectivity index (χ2v) is 3.94. The van der Waals surface area contributed by atoms with E-state index in [1.165, 1.54) is 12.1 Å². The Hall–Kier alpha value is -1.68. The van der Waals surface area contributed by atoms with Crippen LogP contribution in [0.2, 0.25) is 0 Å². The number of rotatable bonds is 3. The van der Waals surface area contributed by atoms with Gasteiger partial charge in [-0.1, -0.05) is 0 Å². The molecule has 84 valence electrons. The van der Waals surface area contributed by atoms with Gasteiger partial charge in [0.15, 0.2) is 0 Å². The van der Waals surface area contributed by atoms with Crippen molar-refractivity contribution in [1.82, 2.24) is 4.98 Å². The first kappa shape index (κ1) is 10.8. The molecule has 0 bridgehead atoms. The Bertz CT molecular complexity index is 448. The standard InChI is InChI=1S/C12H12FNO2/c1-12(15,6-9-4-5-16-8-9)11-3-2-10(13)7-14-11/h2-5,7-8,15H,6H2,1H3. The van der Waals surface area contributed by atoms with Crippen molar-refractivity contribution in [2.45, 2.75) is 18.9 Å². The van der Waals surface area contributed by atoms with E-state index in [-0.39, 0.29) is 0 Å². The summed E-state index contributed by atoms with van der Waals surface area (Å²) in [6, 6.07) is 4.54. The molecule has 0 aliphatic heterocycles. The maximum atomic E-state index is 12.7. The van der Waals surface area contributed by atoms with Crippen LogP contribution in [-0.4, -0.2) is 10.1 Å². The van der Waals surface area contributed by atoms with Crippen LogP contribution in [0.25, 0.3) is 0 Å². The van der Waals surface area contributed by atoms with Crippen LogP contribution >= 0.6 is 0 Å². The summed E-state index contributed by atoms with van der Waals surface area (Å²) in [6.45, 7) is 1.64. The molecule has 1 unspecified atom stereocenters. The minimum absolute atomic E-state index is 0.377. The summed E-state index contributed by atoms with van der Waals surface area (Å²) in [7, 11) is 0. The Kier molecular flexibility index (Phi) is 2.75. The fourth-order valence-corrected chi connectivity index (χ4v) is 1.58. The van der Waals surface area contributed by atoms with E-state index in [1.807, 2.05) is 0 Å². The van der Waals surface area contributed by atoms with Gasteiger partial charge in [-0.25, -0.2) is 4.39 Å². The molecule has 2 aromatic rings. The second kappa shape index (κ2) is 4.06. The molecular weight excluding hydrogens is 209 g/mol. The van der Waals surface area contributed by atoms with Gasteiger partial charge in [0, 0.05) is 6.42 Å². The molecule has 0 fully saturated rings. The van der Waals surface area contributed by atoms with Crippen LogP contribution in [0.15, 0.2) is 41.3 Å². The summed E-state index contributed by atoms with van der Waals surface area (Å²) in [4.78, 5) is 3.87. The Labute approximate surface area is 92.6 Å². The summed E-state index contributed by atoms with van der Waals surface area (Å²) >= 11 is 0. The molecular formula is C12H12FNO2. The van der Waals surface area contributed by atoms with Gasteiger partial charge in [0.2, 0.25) is 0 Å². The Balaban J connectivity index is 2.21. The molecule has 0 aliphatic carbocycles. The van der Waals surface area contributed by atoms with Gasteiger partial charge in [0.1, 0.15) is 11.4 Å². The van der Waals surface area contributed by atoms with Crippen LogP contribution in [-0.2, 0) is 12.0 Å². The van der Waals surface area contributed by atoms with E-state index < -0.39 is 11.4 Å². The summed E-state index contributed by atoms with van der Waals surface area (Å²) in [6.07, 6.45) is 4.59. The zero-order valence-corrected chi connectivity index (χ0v) is 8.85. The smallest absolute Gasteiger partial charge is 0.141 e. The average Bonchev–Trinajstić information content (AvgIpc) is 2.70. The number of hydrogen-bond donors (Lipinski definition) is 1. The Morgan fingerprint density at radius 1 is 1.44 bits per heavy atom. The molecule has 0 saturated carbocycles. The zero-order valence-electron chi connectivity index (χ0n) is 8.85. The van der Waals surface area contributed by atoms with Crippen LogP contribution in [0.1, 0.15) is 18.2 Å². The zero-order chi connectivity index (χ0) is 11.6. The molecule has 0 aliphatic rings. The number of pyridine rings is 1. The van der Waals surface area contributed by atoms with Crippen molar-refractivity contribution in [1.29, 1.82) is 0 Å². The molecule has 1 atom stereocenters. The lowest BCUT2D eigenvalue weighted by Gasteiger charge is -2.21. The minimum Gasteiger partial charge on any atom is -0.472 e. The Morgan fingerprint density at radius 2 is 2.25 bits per heavy atom. The first-order chi connectivity index (χ1) is 7.58. The number of nitrogens with zero attached hydrogens (tertiary/aromatic N) is 1. The monoisotopic (exact) mass is 221 g/mol. The molecule has 4 heteroatoms. The largest absolute Gasteiger partial charge is 0.472 e. The van der Waals surface area contributed by atoms with Gasteiger partial charge in [0.05, 0.1) is 24.4 Å². The van der Waals surface area contributed by atoms with Crippen LogP contribution in [0.3, 0.4) is 0 Å². The van der Waals surface area contributed by atoms with Gasteiger partial charge in [-0.3, -0.25) is 4.98 Å². The first-order valence-corrected chi connectivity index (χ1v) is 4.93. The van der Waals surface area contributed by atoms with E-state index in [9.17, 15) is 9.50 Å². The van der Waals surface area contributed by atoms with Crippen molar-refractivity contribution < 1.29 is 13.9 Å². The molecule has 2 heterocycles. The van der Waals surface area contributed by atoms with E-state index in [0.29, 0.717) is 12.1 Å². The van der Waals surface area contributed by atoms with E-state index in [0.717, 1.165) is 11.8 Å². The quantitative estimate of drug-likeness (QED) is 0.864. The maximum absolute atomic E-state index is 12.7. The lowest BCUT2D eigenvalue weighted by atomic mass is 9.94. The van der Waals surface area contributed by atoms with Crippen LogP contribution in [0, 0.1) is 5.82 Å². The molecule has 3 nitrogen and oxygen atoms in total. The van der Waals surface area contributed by atoms with Gasteiger partial charge in [-0.05, 0) is 30.7 Å². The molecule has 0 saturated heterocycles. The predicted molar refractivity (Wildman–Crippen MR) is 56.2 cm³/mol. The summed E-state index contributed by atoms with van der Waals surface area (Å²) < 4.78 is 17.6. The Morgan fingerprint density at radius 3 is 2.81 bits per heavy atom. The molecule has 1 N–H and O–H groups in total. The highest BCUT2D eigenvalue weighted by atomic mass is 19.1. The van der Waals surface area contributed by atoms with Gasteiger partial charge >= 0.3 is 0 Å². The molecule has 0 radical (unpaired) electrons. The van der Waals surface area contributed by atoms with Crippen molar-refractivity contribution in [2.24, 2.45) is 0 Å². The number of halogens is 1. The number of furan rings is 1. The lowest BCUT2D eigenvalue weighted by Crippen LogP contribution is -2.25. The second-order valence-electron chi connectivity index (χ2n) is 3.94. The molecule has 2 rings (SSSR count). The highest BCUT2D eigenvalue weighted by Crippen LogP contribution is 2.23. The molecule has 0 spiro atoms. The normalized spacial score (nSPS) is 14.7. The van der Waals surface area contributed by atoms with E-state index in [4.69, 9.17) is 4.42 Å². The third-order valence-electron chi connectivity index (χ3n) is 2.41. The van der Waals surface area contributed by atoms with Crippen molar-refractivity contribution >= 4 is 0 Å². The van der Waals surface area contributed by atoms with Crippen LogP contribution in [0.4, 0.5) is 4.39 Å². The minimum atomic E-state index is -1.13. The van der Waals surface area contributed by atoms with Crippen molar-refractivity contribution in [3.05, 3.63) is 54.0 Å². The summed E-state index contributed by atoms with van der Waals surface area (Å²) in [5.41, 5.74) is 0.184. The number of aliphatic hydroxyl groups is 1. The topological polar surface area (TPSA) is 46.3 Å². The molecule has 2 aromatic heterocycles. The van der Waals surface area contributed by atoms with E-state index in [1.54, 1.807) is 25.5 Å². The van der Waals surface area contributed by atoms with Gasteiger partial charge in [0.25, 0.3) is 0 Å². The SMILES string of the molecule is CC(O)(Cc1ccoc1)c1ccc(F)cn1. The van der Waals surface area contributed by atoms with E-state index >= 15 is 0 Å².